The molecule has 3 aliphatic heterocycles. The number of unbranched alkanes of at least 4 members (excludes halogenated alkanes) is 1. The summed E-state index contributed by atoms with van der Waals surface area (Å²) in [5.74, 6) is -2.99. The van der Waals surface area contributed by atoms with Crippen molar-refractivity contribution in [3.05, 3.63) is 49.6 Å². The molecule has 5 rings (SSSR count). The fraction of sp³-hybridized carbons (Fsp3) is 0.606. The van der Waals surface area contributed by atoms with Gasteiger partial charge in [-0.1, -0.05) is 56.7 Å². The molecule has 4 heterocycles. The van der Waals surface area contributed by atoms with Crippen LogP contribution in [0.1, 0.15) is 59.3 Å². The van der Waals surface area contributed by atoms with Crippen LogP contribution >= 0.6 is 0 Å². The number of benzene rings is 1. The van der Waals surface area contributed by atoms with Crippen LogP contribution in [0.3, 0.4) is 0 Å². The lowest BCUT2D eigenvalue weighted by molar-refractivity contribution is -0.164. The van der Waals surface area contributed by atoms with E-state index in [-0.39, 0.29) is 44.2 Å². The summed E-state index contributed by atoms with van der Waals surface area (Å²) in [6, 6.07) is 5.80. The van der Waals surface area contributed by atoms with Crippen LogP contribution in [0.5, 0.6) is 0 Å². The summed E-state index contributed by atoms with van der Waals surface area (Å²) in [7, 11) is 0. The molecule has 3 fully saturated rings. The normalized spacial score (nSPS) is 28.6. The predicted octanol–water partition coefficient (Wildman–Crippen LogP) is 3.47. The van der Waals surface area contributed by atoms with Crippen molar-refractivity contribution in [2.75, 3.05) is 19.8 Å². The van der Waals surface area contributed by atoms with Crippen molar-refractivity contribution in [3.8, 4) is 0 Å². The zero-order valence-corrected chi connectivity index (χ0v) is 26.1. The van der Waals surface area contributed by atoms with E-state index in [2.05, 4.69) is 23.5 Å². The number of esters is 1. The number of para-hydroxylation sites is 1. The van der Waals surface area contributed by atoms with Gasteiger partial charge in [0, 0.05) is 6.54 Å². The number of allylic oxidation sites excluding steroid dienone is 1. The number of nitrogens with zero attached hydrogens (tertiary/aromatic N) is 5. The molecule has 0 radical (unpaired) electrons. The number of carbonyl (C=O) groups excluding carboxylic acids is 3. The summed E-state index contributed by atoms with van der Waals surface area (Å²) in [4.78, 5) is 46.4. The van der Waals surface area contributed by atoms with E-state index in [1.807, 2.05) is 45.0 Å². The highest BCUT2D eigenvalue weighted by Crippen LogP contribution is 2.65. The third-order valence-electron chi connectivity index (χ3n) is 10.1. The number of fused-ring (bicyclic) bond motifs is 2. The smallest absolute Gasteiger partial charge is 0.312 e. The molecule has 3 aliphatic rings. The molecule has 11 heteroatoms. The Kier molecular flexibility index (Phi) is 9.27. The molecule has 0 saturated carbocycles. The van der Waals surface area contributed by atoms with Crippen LogP contribution in [0, 0.1) is 17.8 Å². The largest absolute Gasteiger partial charge is 0.465 e. The van der Waals surface area contributed by atoms with E-state index >= 15 is 0 Å². The van der Waals surface area contributed by atoms with Gasteiger partial charge in [-0.05, 0) is 50.2 Å². The minimum Gasteiger partial charge on any atom is -0.465 e. The monoisotopic (exact) mass is 607 g/mol. The second kappa shape index (κ2) is 12.8. The fourth-order valence-corrected chi connectivity index (χ4v) is 7.69. The topological polar surface area (TPSA) is 127 Å². The summed E-state index contributed by atoms with van der Waals surface area (Å²) < 4.78 is 14.3. The number of hydrogen-bond acceptors (Lipinski definition) is 8. The number of likely N-dealkylation sites (tertiary alicyclic amines) is 1. The quantitative estimate of drug-likeness (QED) is 0.185. The first-order valence-electron chi connectivity index (χ1n) is 15.8. The van der Waals surface area contributed by atoms with Gasteiger partial charge in [0.15, 0.2) is 0 Å². The number of aliphatic hydroxyl groups excluding tert-OH is 1. The molecule has 0 aliphatic carbocycles. The Hall–Kier alpha value is -3.57. The molecule has 1 aromatic carbocycles. The Labute approximate surface area is 258 Å². The van der Waals surface area contributed by atoms with E-state index < -0.39 is 41.1 Å². The highest BCUT2D eigenvalue weighted by Gasteiger charge is 2.79. The van der Waals surface area contributed by atoms with Crippen molar-refractivity contribution in [1.82, 2.24) is 24.8 Å². The molecule has 2 unspecified atom stereocenters. The van der Waals surface area contributed by atoms with Crippen molar-refractivity contribution in [2.45, 2.75) is 89.3 Å². The number of ether oxygens (including phenoxy) is 2. The molecular formula is C33H45N5O6. The van der Waals surface area contributed by atoms with Crippen LogP contribution in [0.15, 0.2) is 49.6 Å². The van der Waals surface area contributed by atoms with Crippen LogP contribution in [-0.4, -0.2) is 90.7 Å². The van der Waals surface area contributed by atoms with Gasteiger partial charge in [0.25, 0.3) is 0 Å². The molecule has 3 saturated heterocycles. The maximum Gasteiger partial charge on any atom is 0.312 e. The van der Waals surface area contributed by atoms with E-state index in [4.69, 9.17) is 9.47 Å². The van der Waals surface area contributed by atoms with E-state index in [0.29, 0.717) is 44.0 Å². The number of aromatic nitrogens is 3. The maximum absolute atomic E-state index is 14.9. The molecule has 44 heavy (non-hydrogen) atoms. The standard InChI is InChI=1S/C33H45N5O6/c1-6-10-13-19-43-31(42)27-26-29(40)38(25(20-39)22(5)8-3)28(33(26)17-16-32(27,9-4)44-33)30(41)36(18-7-2)21-37-24-15-12-11-14-23(24)34-35-37/h6-7,11-12,14-15,22,25-28,39H,1-2,8-10,13,16-21H2,3-5H3/t22-,25-,26-,27-,28?,32+,33?/m0/s1. The van der Waals surface area contributed by atoms with Crippen molar-refractivity contribution in [2.24, 2.45) is 17.8 Å². The number of aliphatic hydroxyl groups is 1. The third kappa shape index (κ3) is 5.03. The molecule has 2 amide bonds. The van der Waals surface area contributed by atoms with Gasteiger partial charge in [-0.3, -0.25) is 14.4 Å². The summed E-state index contributed by atoms with van der Waals surface area (Å²) >= 11 is 0. The van der Waals surface area contributed by atoms with Crippen molar-refractivity contribution in [1.29, 1.82) is 0 Å². The van der Waals surface area contributed by atoms with Gasteiger partial charge in [-0.25, -0.2) is 4.68 Å². The van der Waals surface area contributed by atoms with Gasteiger partial charge in [0.05, 0.1) is 36.3 Å². The molecule has 1 N–H and O–H groups in total. The fourth-order valence-electron chi connectivity index (χ4n) is 7.69. The average molecular weight is 608 g/mol. The van der Waals surface area contributed by atoms with Crippen molar-refractivity contribution >= 4 is 28.8 Å². The molecule has 1 aromatic heterocycles. The lowest BCUT2D eigenvalue weighted by Gasteiger charge is -2.41. The molecule has 1 spiro atoms. The highest BCUT2D eigenvalue weighted by atomic mass is 16.6. The summed E-state index contributed by atoms with van der Waals surface area (Å²) in [6.07, 6.45) is 6.90. The molecule has 2 aromatic rings. The molecule has 7 atom stereocenters. The van der Waals surface area contributed by atoms with Gasteiger partial charge < -0.3 is 24.4 Å². The van der Waals surface area contributed by atoms with Gasteiger partial charge in [-0.2, -0.15) is 0 Å². The number of rotatable bonds is 15. The average Bonchev–Trinajstić information content (AvgIpc) is 3.76. The number of carbonyl (C=O) groups is 3. The van der Waals surface area contributed by atoms with Gasteiger partial charge in [0.1, 0.15) is 29.7 Å². The second-order valence-electron chi connectivity index (χ2n) is 12.4. The minimum absolute atomic E-state index is 0.0749. The van der Waals surface area contributed by atoms with E-state index in [9.17, 15) is 19.5 Å². The Morgan fingerprint density at radius 1 is 1.25 bits per heavy atom. The highest BCUT2D eigenvalue weighted by molar-refractivity contribution is 5.98. The van der Waals surface area contributed by atoms with Crippen molar-refractivity contribution < 1.29 is 29.0 Å². The van der Waals surface area contributed by atoms with Crippen LogP contribution in [-0.2, 0) is 30.5 Å². The SMILES string of the molecule is C=CCCCOC(=O)[C@@H]1[C@H]2C(=O)N([C@@H](CO)[C@@H](C)CC)C(C(=O)N(CC=C)Cn3nnc4ccccc43)C23CC[C@@]1(CC)O3. The Balaban J connectivity index is 1.57. The van der Waals surface area contributed by atoms with Crippen LogP contribution < -0.4 is 0 Å². The molecular weight excluding hydrogens is 562 g/mol. The van der Waals surface area contributed by atoms with Crippen molar-refractivity contribution in [3.63, 3.8) is 0 Å². The first kappa shape index (κ1) is 31.8. The van der Waals surface area contributed by atoms with Gasteiger partial charge in [-0.15, -0.1) is 18.3 Å². The number of hydrogen-bond donors (Lipinski definition) is 1. The molecule has 11 nitrogen and oxygen atoms in total. The summed E-state index contributed by atoms with van der Waals surface area (Å²) in [6.45, 7) is 13.7. The second-order valence-corrected chi connectivity index (χ2v) is 12.4. The van der Waals surface area contributed by atoms with E-state index in [1.54, 1.807) is 26.6 Å². The first-order valence-corrected chi connectivity index (χ1v) is 15.8. The zero-order chi connectivity index (χ0) is 31.6. The Morgan fingerprint density at radius 2 is 2.02 bits per heavy atom. The first-order chi connectivity index (χ1) is 21.2. The maximum atomic E-state index is 14.9. The van der Waals surface area contributed by atoms with Crippen LogP contribution in [0.4, 0.5) is 0 Å². The van der Waals surface area contributed by atoms with Crippen LogP contribution in [0.2, 0.25) is 0 Å². The lowest BCUT2D eigenvalue weighted by atomic mass is 9.65. The summed E-state index contributed by atoms with van der Waals surface area (Å²) in [5.41, 5.74) is -0.680. The third-order valence-corrected chi connectivity index (χ3v) is 10.1. The molecule has 2 bridgehead atoms. The number of amides is 2. The Bertz CT molecular complexity index is 1410. The van der Waals surface area contributed by atoms with Gasteiger partial charge >= 0.3 is 5.97 Å². The van der Waals surface area contributed by atoms with E-state index in [1.165, 1.54) is 0 Å². The Morgan fingerprint density at radius 3 is 2.70 bits per heavy atom. The van der Waals surface area contributed by atoms with Gasteiger partial charge in [0.2, 0.25) is 11.8 Å². The lowest BCUT2D eigenvalue weighted by Crippen LogP contribution is -2.60. The molecule has 238 valence electrons. The summed E-state index contributed by atoms with van der Waals surface area (Å²) in [5, 5.41) is 19.2. The zero-order valence-electron chi connectivity index (χ0n) is 26.1. The minimum atomic E-state index is -1.24. The van der Waals surface area contributed by atoms with Crippen LogP contribution in [0.25, 0.3) is 11.0 Å². The predicted molar refractivity (Wildman–Crippen MR) is 164 cm³/mol. The van der Waals surface area contributed by atoms with E-state index in [0.717, 1.165) is 5.52 Å².